The Bertz CT molecular complexity index is 788. The quantitative estimate of drug-likeness (QED) is 0.867. The van der Waals surface area contributed by atoms with E-state index in [4.69, 9.17) is 16.1 Å². The fraction of sp³-hybridized carbons (Fsp3) is 0.353. The van der Waals surface area contributed by atoms with Crippen LogP contribution in [0.25, 0.3) is 11.3 Å². The van der Waals surface area contributed by atoms with Crippen LogP contribution in [0.2, 0.25) is 5.02 Å². The molecule has 1 amide bonds. The van der Waals surface area contributed by atoms with Gasteiger partial charge in [-0.3, -0.25) is 4.79 Å². The first kappa shape index (κ1) is 17.3. The summed E-state index contributed by atoms with van der Waals surface area (Å²) in [6.45, 7) is 2.62. The number of carbonyl (C=O) groups excluding carboxylic acids is 1. The van der Waals surface area contributed by atoms with Gasteiger partial charge in [0, 0.05) is 36.6 Å². The van der Waals surface area contributed by atoms with Gasteiger partial charge in [-0.1, -0.05) is 16.8 Å². The Morgan fingerprint density at radius 1 is 1.36 bits per heavy atom. The predicted molar refractivity (Wildman–Crippen MR) is 93.0 cm³/mol. The minimum Gasteiger partial charge on any atom is -0.477 e. The summed E-state index contributed by atoms with van der Waals surface area (Å²) in [6, 6.07) is 6.67. The van der Waals surface area contributed by atoms with Crippen molar-refractivity contribution < 1.29 is 19.2 Å². The highest BCUT2D eigenvalue weighted by Gasteiger charge is 2.30. The fourth-order valence-electron chi connectivity index (χ4n) is 3.06. The number of halogens is 1. The second kappa shape index (κ2) is 7.14. The van der Waals surface area contributed by atoms with E-state index in [1.54, 1.807) is 24.3 Å². The van der Waals surface area contributed by atoms with Gasteiger partial charge in [0.05, 0.1) is 0 Å². The molecule has 1 aromatic heterocycles. The zero-order chi connectivity index (χ0) is 18.0. The van der Waals surface area contributed by atoms with Crippen molar-refractivity contribution >= 4 is 29.3 Å². The number of carboxylic acids is 1. The topological polar surface area (TPSA) is 95.7 Å². The SMILES string of the molecule is CC(=O)NC1CCCN(c2noc(-c3ccc(Cl)cc3)c2C(=O)O)C1. The third kappa shape index (κ3) is 3.76. The van der Waals surface area contributed by atoms with Crippen LogP contribution in [0.3, 0.4) is 0 Å². The van der Waals surface area contributed by atoms with Crippen LogP contribution in [0.5, 0.6) is 0 Å². The number of nitrogens with one attached hydrogen (secondary N) is 1. The molecule has 3 rings (SSSR count). The van der Waals surface area contributed by atoms with Gasteiger partial charge in [-0.15, -0.1) is 0 Å². The summed E-state index contributed by atoms with van der Waals surface area (Å²) in [5.41, 5.74) is 0.613. The lowest BCUT2D eigenvalue weighted by atomic mass is 10.0. The minimum absolute atomic E-state index is 0.0193. The molecule has 1 saturated heterocycles. The number of hydrogen-bond donors (Lipinski definition) is 2. The van der Waals surface area contributed by atoms with Gasteiger partial charge in [0.1, 0.15) is 0 Å². The summed E-state index contributed by atoms with van der Waals surface area (Å²) in [5.74, 6) is -0.733. The molecule has 1 fully saturated rings. The van der Waals surface area contributed by atoms with Crippen molar-refractivity contribution in [3.63, 3.8) is 0 Å². The molecule has 1 atom stereocenters. The molecule has 2 heterocycles. The predicted octanol–water partition coefficient (Wildman–Crippen LogP) is 2.80. The number of benzene rings is 1. The third-order valence-electron chi connectivity index (χ3n) is 4.12. The Morgan fingerprint density at radius 3 is 2.72 bits per heavy atom. The molecule has 1 aliphatic heterocycles. The summed E-state index contributed by atoms with van der Waals surface area (Å²) < 4.78 is 5.35. The molecular formula is C17H18ClN3O4. The summed E-state index contributed by atoms with van der Waals surface area (Å²) in [4.78, 5) is 24.9. The average Bonchev–Trinajstić information content (AvgIpc) is 3.00. The van der Waals surface area contributed by atoms with E-state index in [0.29, 0.717) is 23.7 Å². The Hall–Kier alpha value is -2.54. The summed E-state index contributed by atoms with van der Waals surface area (Å²) >= 11 is 5.88. The molecule has 0 spiro atoms. The molecule has 8 heteroatoms. The molecule has 7 nitrogen and oxygen atoms in total. The highest BCUT2D eigenvalue weighted by atomic mass is 35.5. The van der Waals surface area contributed by atoms with Gasteiger partial charge < -0.3 is 19.8 Å². The van der Waals surface area contributed by atoms with Gasteiger partial charge >= 0.3 is 5.97 Å². The third-order valence-corrected chi connectivity index (χ3v) is 4.37. The fourth-order valence-corrected chi connectivity index (χ4v) is 3.19. The van der Waals surface area contributed by atoms with Crippen LogP contribution in [-0.4, -0.2) is 41.3 Å². The van der Waals surface area contributed by atoms with Crippen LogP contribution in [0.15, 0.2) is 28.8 Å². The summed E-state index contributed by atoms with van der Waals surface area (Å²) in [5, 5.41) is 17.1. The minimum atomic E-state index is -1.11. The largest absolute Gasteiger partial charge is 0.477 e. The number of carboxylic acid groups (broad SMARTS) is 1. The number of hydrogen-bond acceptors (Lipinski definition) is 5. The van der Waals surface area contributed by atoms with E-state index in [0.717, 1.165) is 12.8 Å². The lowest BCUT2D eigenvalue weighted by Crippen LogP contribution is -2.47. The van der Waals surface area contributed by atoms with Gasteiger partial charge in [-0.05, 0) is 37.1 Å². The summed E-state index contributed by atoms with van der Waals surface area (Å²) in [7, 11) is 0. The number of aromatic nitrogens is 1. The second-order valence-corrected chi connectivity index (χ2v) is 6.44. The number of rotatable bonds is 4. The number of amides is 1. The molecule has 1 unspecified atom stereocenters. The molecule has 2 N–H and O–H groups in total. The molecular weight excluding hydrogens is 346 g/mol. The van der Waals surface area contributed by atoms with Gasteiger partial charge in [0.2, 0.25) is 5.91 Å². The molecule has 2 aromatic rings. The Labute approximate surface area is 149 Å². The first-order chi connectivity index (χ1) is 12.0. The highest BCUT2D eigenvalue weighted by molar-refractivity contribution is 6.30. The number of nitrogens with zero attached hydrogens (tertiary/aromatic N) is 2. The van der Waals surface area contributed by atoms with Crippen molar-refractivity contribution in [3.8, 4) is 11.3 Å². The van der Waals surface area contributed by atoms with Crippen molar-refractivity contribution in [2.24, 2.45) is 0 Å². The molecule has 0 saturated carbocycles. The molecule has 1 aromatic carbocycles. The van der Waals surface area contributed by atoms with E-state index in [1.165, 1.54) is 6.92 Å². The van der Waals surface area contributed by atoms with Crippen molar-refractivity contribution in [2.45, 2.75) is 25.8 Å². The zero-order valence-electron chi connectivity index (χ0n) is 13.7. The zero-order valence-corrected chi connectivity index (χ0v) is 14.4. The van der Waals surface area contributed by atoms with Crippen molar-refractivity contribution in [2.75, 3.05) is 18.0 Å². The second-order valence-electron chi connectivity index (χ2n) is 6.01. The van der Waals surface area contributed by atoms with E-state index in [9.17, 15) is 14.7 Å². The number of aromatic carboxylic acids is 1. The highest BCUT2D eigenvalue weighted by Crippen LogP contribution is 2.33. The Kier molecular flexibility index (Phi) is 4.94. The lowest BCUT2D eigenvalue weighted by molar-refractivity contribution is -0.119. The van der Waals surface area contributed by atoms with Gasteiger partial charge in [-0.25, -0.2) is 4.79 Å². The van der Waals surface area contributed by atoms with Crippen LogP contribution in [0.4, 0.5) is 5.82 Å². The molecule has 0 radical (unpaired) electrons. The van der Waals surface area contributed by atoms with Crippen LogP contribution < -0.4 is 10.2 Å². The van der Waals surface area contributed by atoms with E-state index in [2.05, 4.69) is 10.5 Å². The van der Waals surface area contributed by atoms with Crippen LogP contribution in [0.1, 0.15) is 30.1 Å². The van der Waals surface area contributed by atoms with Gasteiger partial charge in [0.15, 0.2) is 17.1 Å². The first-order valence-electron chi connectivity index (χ1n) is 7.96. The molecule has 0 bridgehead atoms. The summed E-state index contributed by atoms with van der Waals surface area (Å²) in [6.07, 6.45) is 1.67. The first-order valence-corrected chi connectivity index (χ1v) is 8.34. The maximum Gasteiger partial charge on any atom is 0.343 e. The van der Waals surface area contributed by atoms with Crippen molar-refractivity contribution in [1.82, 2.24) is 10.5 Å². The maximum atomic E-state index is 11.8. The normalized spacial score (nSPS) is 17.4. The molecule has 132 valence electrons. The monoisotopic (exact) mass is 363 g/mol. The number of anilines is 1. The number of piperidine rings is 1. The standard InChI is InChI=1S/C17H18ClN3O4/c1-10(22)19-13-3-2-8-21(9-13)16-14(17(23)24)15(25-20-16)11-4-6-12(18)7-5-11/h4-7,13H,2-3,8-9H2,1H3,(H,19,22)(H,23,24). The number of carbonyl (C=O) groups is 2. The molecule has 1 aliphatic rings. The van der Waals surface area contributed by atoms with Crippen molar-refractivity contribution in [1.29, 1.82) is 0 Å². The van der Waals surface area contributed by atoms with E-state index in [1.807, 2.05) is 4.90 Å². The Morgan fingerprint density at radius 2 is 2.08 bits per heavy atom. The van der Waals surface area contributed by atoms with E-state index in [-0.39, 0.29) is 29.1 Å². The van der Waals surface area contributed by atoms with Gasteiger partial charge in [0.25, 0.3) is 0 Å². The molecule has 25 heavy (non-hydrogen) atoms. The van der Waals surface area contributed by atoms with E-state index >= 15 is 0 Å². The van der Waals surface area contributed by atoms with Crippen LogP contribution in [0, 0.1) is 0 Å². The smallest absolute Gasteiger partial charge is 0.343 e. The van der Waals surface area contributed by atoms with Gasteiger partial charge in [-0.2, -0.15) is 0 Å². The average molecular weight is 364 g/mol. The lowest BCUT2D eigenvalue weighted by Gasteiger charge is -2.33. The molecule has 0 aliphatic carbocycles. The Balaban J connectivity index is 1.93. The van der Waals surface area contributed by atoms with Crippen molar-refractivity contribution in [3.05, 3.63) is 34.9 Å². The van der Waals surface area contributed by atoms with E-state index < -0.39 is 5.97 Å². The van der Waals surface area contributed by atoms with Crippen LogP contribution >= 0.6 is 11.6 Å². The van der Waals surface area contributed by atoms with Crippen LogP contribution in [-0.2, 0) is 4.79 Å². The maximum absolute atomic E-state index is 11.8.